The molecule has 0 aromatic heterocycles. The minimum absolute atomic E-state index is 0.0144. The van der Waals surface area contributed by atoms with E-state index in [1.807, 2.05) is 19.1 Å². The molecule has 0 bridgehead atoms. The SMILES string of the molecule is CCc1cc(Br)ccc1NC(=O)COC(=O)CCCC(=O)Nc1ccc([N+](=O)[O-])cc1. The van der Waals surface area contributed by atoms with Crippen LogP contribution in [0.15, 0.2) is 46.9 Å². The fourth-order valence-corrected chi connectivity index (χ4v) is 3.07. The molecule has 0 aliphatic carbocycles. The first-order valence-electron chi connectivity index (χ1n) is 9.56. The normalized spacial score (nSPS) is 10.3. The number of nitrogens with zero attached hydrogens (tertiary/aromatic N) is 1. The second-order valence-corrected chi connectivity index (χ2v) is 7.49. The van der Waals surface area contributed by atoms with Crippen LogP contribution < -0.4 is 10.6 Å². The van der Waals surface area contributed by atoms with Gasteiger partial charge in [-0.25, -0.2) is 0 Å². The largest absolute Gasteiger partial charge is 0.456 e. The zero-order valence-electron chi connectivity index (χ0n) is 16.9. The van der Waals surface area contributed by atoms with E-state index in [2.05, 4.69) is 26.6 Å². The average molecular weight is 492 g/mol. The molecular weight excluding hydrogens is 470 g/mol. The lowest BCUT2D eigenvalue weighted by molar-refractivity contribution is -0.384. The molecule has 0 aliphatic heterocycles. The van der Waals surface area contributed by atoms with Gasteiger partial charge >= 0.3 is 5.97 Å². The van der Waals surface area contributed by atoms with Crippen molar-refractivity contribution in [3.8, 4) is 0 Å². The molecule has 0 unspecified atom stereocenters. The van der Waals surface area contributed by atoms with Gasteiger partial charge in [-0.05, 0) is 48.7 Å². The monoisotopic (exact) mass is 491 g/mol. The van der Waals surface area contributed by atoms with Gasteiger partial charge < -0.3 is 15.4 Å². The number of hydrogen-bond acceptors (Lipinski definition) is 6. The van der Waals surface area contributed by atoms with Gasteiger partial charge in [-0.1, -0.05) is 22.9 Å². The molecule has 10 heteroatoms. The first kappa shape index (κ1) is 24.0. The molecule has 0 fully saturated rings. The van der Waals surface area contributed by atoms with Crippen LogP contribution in [0.4, 0.5) is 17.1 Å². The fourth-order valence-electron chi connectivity index (χ4n) is 2.66. The van der Waals surface area contributed by atoms with Crippen molar-refractivity contribution in [1.82, 2.24) is 0 Å². The number of esters is 1. The quantitative estimate of drug-likeness (QED) is 0.291. The van der Waals surface area contributed by atoms with Gasteiger partial charge in [-0.15, -0.1) is 0 Å². The summed E-state index contributed by atoms with van der Waals surface area (Å²) in [6.07, 6.45) is 1.03. The number of nitrogens with one attached hydrogen (secondary N) is 2. The number of benzene rings is 2. The van der Waals surface area contributed by atoms with E-state index < -0.39 is 23.4 Å². The first-order valence-corrected chi connectivity index (χ1v) is 10.4. The molecule has 2 N–H and O–H groups in total. The van der Waals surface area contributed by atoms with Crippen molar-refractivity contribution in [1.29, 1.82) is 0 Å². The highest BCUT2D eigenvalue weighted by Crippen LogP contribution is 2.21. The van der Waals surface area contributed by atoms with Gasteiger partial charge in [-0.3, -0.25) is 24.5 Å². The molecule has 2 rings (SSSR count). The predicted octanol–water partition coefficient (Wildman–Crippen LogP) is 4.21. The zero-order chi connectivity index (χ0) is 22.8. The van der Waals surface area contributed by atoms with E-state index in [1.54, 1.807) is 6.07 Å². The van der Waals surface area contributed by atoms with Crippen molar-refractivity contribution in [2.24, 2.45) is 0 Å². The summed E-state index contributed by atoms with van der Waals surface area (Å²) in [5.74, 6) is -1.35. The Bertz CT molecular complexity index is 962. The topological polar surface area (TPSA) is 128 Å². The highest BCUT2D eigenvalue weighted by Gasteiger charge is 2.12. The smallest absolute Gasteiger partial charge is 0.306 e. The second-order valence-electron chi connectivity index (χ2n) is 6.57. The number of nitro benzene ring substituents is 1. The number of non-ortho nitro benzene ring substituents is 1. The average Bonchev–Trinajstić information content (AvgIpc) is 2.73. The molecule has 2 amide bonds. The maximum absolute atomic E-state index is 12.0. The van der Waals surface area contributed by atoms with E-state index in [1.165, 1.54) is 24.3 Å². The van der Waals surface area contributed by atoms with Crippen molar-refractivity contribution >= 4 is 50.8 Å². The molecule has 0 saturated heterocycles. The van der Waals surface area contributed by atoms with Crippen LogP contribution in [0.25, 0.3) is 0 Å². The Hall–Kier alpha value is -3.27. The summed E-state index contributed by atoms with van der Waals surface area (Å²) in [5.41, 5.74) is 1.97. The Balaban J connectivity index is 1.68. The van der Waals surface area contributed by atoms with E-state index in [9.17, 15) is 24.5 Å². The zero-order valence-corrected chi connectivity index (χ0v) is 18.4. The van der Waals surface area contributed by atoms with E-state index in [0.29, 0.717) is 11.4 Å². The van der Waals surface area contributed by atoms with Gasteiger partial charge in [-0.2, -0.15) is 0 Å². The van der Waals surface area contributed by atoms with Gasteiger partial charge in [0.2, 0.25) is 5.91 Å². The number of hydrogen-bond donors (Lipinski definition) is 2. The molecule has 0 aliphatic rings. The summed E-state index contributed by atoms with van der Waals surface area (Å²) in [6, 6.07) is 10.9. The molecule has 0 heterocycles. The third kappa shape index (κ3) is 8.17. The van der Waals surface area contributed by atoms with Crippen LogP contribution in [0.2, 0.25) is 0 Å². The Kier molecular flexibility index (Phi) is 9.13. The van der Waals surface area contributed by atoms with Crippen LogP contribution in [-0.4, -0.2) is 29.3 Å². The molecule has 164 valence electrons. The summed E-state index contributed by atoms with van der Waals surface area (Å²) >= 11 is 3.38. The van der Waals surface area contributed by atoms with E-state index in [0.717, 1.165) is 16.5 Å². The number of carbonyl (C=O) groups excluding carboxylic acids is 3. The van der Waals surface area contributed by atoms with Crippen LogP contribution in [0.5, 0.6) is 0 Å². The summed E-state index contributed by atoms with van der Waals surface area (Å²) in [4.78, 5) is 45.8. The van der Waals surface area contributed by atoms with Crippen molar-refractivity contribution < 1.29 is 24.0 Å². The van der Waals surface area contributed by atoms with Crippen molar-refractivity contribution in [2.75, 3.05) is 17.2 Å². The Labute approximate surface area is 187 Å². The Morgan fingerprint density at radius 2 is 1.74 bits per heavy atom. The summed E-state index contributed by atoms with van der Waals surface area (Å²) in [5, 5.41) is 15.9. The molecule has 0 spiro atoms. The molecule has 0 radical (unpaired) electrons. The standard InChI is InChI=1S/C21H22BrN3O6/c1-2-14-12-15(22)6-11-18(14)24-20(27)13-31-21(28)5-3-4-19(26)23-16-7-9-17(10-8-16)25(29)30/h6-12H,2-5,13H2,1H3,(H,23,26)(H,24,27). The maximum atomic E-state index is 12.0. The van der Waals surface area contributed by atoms with E-state index >= 15 is 0 Å². The minimum atomic E-state index is -0.579. The van der Waals surface area contributed by atoms with Gasteiger partial charge in [0.1, 0.15) is 0 Å². The van der Waals surface area contributed by atoms with Gasteiger partial charge in [0.05, 0.1) is 4.92 Å². The first-order chi connectivity index (χ1) is 14.8. The summed E-state index contributed by atoms with van der Waals surface area (Å²) in [6.45, 7) is 1.56. The molecule has 0 saturated carbocycles. The second kappa shape index (κ2) is 11.8. The van der Waals surface area contributed by atoms with Crippen LogP contribution >= 0.6 is 15.9 Å². The molecule has 2 aromatic carbocycles. The van der Waals surface area contributed by atoms with Crippen LogP contribution in [0.3, 0.4) is 0 Å². The van der Waals surface area contributed by atoms with Gasteiger partial charge in [0.25, 0.3) is 11.6 Å². The number of carbonyl (C=O) groups is 3. The lowest BCUT2D eigenvalue weighted by atomic mass is 10.1. The summed E-state index contributed by atoms with van der Waals surface area (Å²) < 4.78 is 5.86. The van der Waals surface area contributed by atoms with Gasteiger partial charge in [0, 0.05) is 40.8 Å². The highest BCUT2D eigenvalue weighted by molar-refractivity contribution is 9.10. The number of rotatable bonds is 10. The minimum Gasteiger partial charge on any atom is -0.456 e. The lowest BCUT2D eigenvalue weighted by Crippen LogP contribution is -2.21. The summed E-state index contributed by atoms with van der Waals surface area (Å²) in [7, 11) is 0. The molecule has 2 aromatic rings. The number of ether oxygens (including phenoxy) is 1. The number of amides is 2. The third-order valence-electron chi connectivity index (χ3n) is 4.23. The van der Waals surface area contributed by atoms with E-state index in [4.69, 9.17) is 4.74 Å². The molecule has 9 nitrogen and oxygen atoms in total. The van der Waals surface area contributed by atoms with Crippen LogP contribution in [0, 0.1) is 10.1 Å². The predicted molar refractivity (Wildman–Crippen MR) is 119 cm³/mol. The number of anilines is 2. The van der Waals surface area contributed by atoms with Crippen molar-refractivity contribution in [3.05, 3.63) is 62.6 Å². The van der Waals surface area contributed by atoms with Crippen LogP contribution in [0.1, 0.15) is 31.7 Å². The lowest BCUT2D eigenvalue weighted by Gasteiger charge is -2.11. The van der Waals surface area contributed by atoms with Crippen molar-refractivity contribution in [3.63, 3.8) is 0 Å². The maximum Gasteiger partial charge on any atom is 0.306 e. The van der Waals surface area contributed by atoms with Crippen molar-refractivity contribution in [2.45, 2.75) is 32.6 Å². The molecule has 31 heavy (non-hydrogen) atoms. The Morgan fingerprint density at radius 3 is 2.39 bits per heavy atom. The van der Waals surface area contributed by atoms with Gasteiger partial charge in [0.15, 0.2) is 6.61 Å². The number of nitro groups is 1. The van der Waals surface area contributed by atoms with E-state index in [-0.39, 0.29) is 30.9 Å². The fraction of sp³-hybridized carbons (Fsp3) is 0.286. The Morgan fingerprint density at radius 1 is 1.03 bits per heavy atom. The highest BCUT2D eigenvalue weighted by atomic mass is 79.9. The molecular formula is C21H22BrN3O6. The van der Waals surface area contributed by atoms with Crippen LogP contribution in [-0.2, 0) is 25.5 Å². The molecule has 0 atom stereocenters. The number of halogens is 1. The third-order valence-corrected chi connectivity index (χ3v) is 4.73. The number of aryl methyl sites for hydroxylation is 1.